The summed E-state index contributed by atoms with van der Waals surface area (Å²) < 4.78 is 5.47. The lowest BCUT2D eigenvalue weighted by atomic mass is 9.95. The summed E-state index contributed by atoms with van der Waals surface area (Å²) in [7, 11) is 0. The zero-order chi connectivity index (χ0) is 12.5. The van der Waals surface area contributed by atoms with Crippen molar-refractivity contribution in [1.82, 2.24) is 4.98 Å². The molecule has 0 radical (unpaired) electrons. The van der Waals surface area contributed by atoms with E-state index in [2.05, 4.69) is 10.3 Å². The molecule has 4 nitrogen and oxygen atoms in total. The highest BCUT2D eigenvalue weighted by molar-refractivity contribution is 5.77. The van der Waals surface area contributed by atoms with E-state index in [1.165, 1.54) is 0 Å². The van der Waals surface area contributed by atoms with Crippen LogP contribution in [0.3, 0.4) is 0 Å². The summed E-state index contributed by atoms with van der Waals surface area (Å²) >= 11 is 0. The molecule has 0 aliphatic heterocycles. The van der Waals surface area contributed by atoms with E-state index in [1.807, 2.05) is 39.0 Å². The summed E-state index contributed by atoms with van der Waals surface area (Å²) in [6.45, 7) is 6.72. The van der Waals surface area contributed by atoms with Crippen LogP contribution in [-0.4, -0.2) is 23.2 Å². The van der Waals surface area contributed by atoms with Crippen LogP contribution in [0.2, 0.25) is 0 Å². The van der Waals surface area contributed by atoms with Gasteiger partial charge in [-0.05, 0) is 12.1 Å². The number of fused-ring (bicyclic) bond motifs is 1. The van der Waals surface area contributed by atoms with E-state index in [0.29, 0.717) is 12.4 Å². The quantitative estimate of drug-likeness (QED) is 0.853. The van der Waals surface area contributed by atoms with Crippen molar-refractivity contribution in [3.05, 3.63) is 24.1 Å². The van der Waals surface area contributed by atoms with E-state index in [4.69, 9.17) is 4.42 Å². The Morgan fingerprint density at radius 1 is 1.41 bits per heavy atom. The van der Waals surface area contributed by atoms with Gasteiger partial charge in [0.2, 0.25) is 0 Å². The van der Waals surface area contributed by atoms with E-state index in [1.54, 1.807) is 0 Å². The third-order valence-corrected chi connectivity index (χ3v) is 2.69. The summed E-state index contributed by atoms with van der Waals surface area (Å²) in [6, 6.07) is 5.83. The Labute approximate surface area is 101 Å². The normalized spacial score (nSPS) is 12.0. The van der Waals surface area contributed by atoms with Crippen LogP contribution in [-0.2, 0) is 0 Å². The van der Waals surface area contributed by atoms with Crippen LogP contribution >= 0.6 is 0 Å². The number of hydrogen-bond acceptors (Lipinski definition) is 4. The molecule has 0 aliphatic carbocycles. The maximum atomic E-state index is 9.18. The fourth-order valence-corrected chi connectivity index (χ4v) is 1.55. The minimum atomic E-state index is -0.133. The first-order valence-electron chi connectivity index (χ1n) is 5.72. The van der Waals surface area contributed by atoms with Gasteiger partial charge in [-0.2, -0.15) is 0 Å². The molecule has 2 N–H and O–H groups in total. The monoisotopic (exact) mass is 234 g/mol. The number of aromatic nitrogens is 1. The van der Waals surface area contributed by atoms with Crippen LogP contribution in [0.15, 0.2) is 22.6 Å². The number of nitrogens with one attached hydrogen (secondary N) is 1. The molecule has 4 heteroatoms. The first-order valence-corrected chi connectivity index (χ1v) is 5.72. The minimum Gasteiger partial charge on any atom is -0.441 e. The topological polar surface area (TPSA) is 58.3 Å². The Morgan fingerprint density at radius 3 is 2.88 bits per heavy atom. The number of benzene rings is 1. The summed E-state index contributed by atoms with van der Waals surface area (Å²) in [5.74, 6) is 0.674. The Morgan fingerprint density at radius 2 is 2.18 bits per heavy atom. The minimum absolute atomic E-state index is 0.133. The average Bonchev–Trinajstić information content (AvgIpc) is 2.66. The molecule has 0 spiro atoms. The Bertz CT molecular complexity index is 517. The second-order valence-corrected chi connectivity index (χ2v) is 5.09. The molecule has 2 aromatic rings. The number of aliphatic hydroxyl groups is 1. The number of aliphatic hydroxyl groups excluding tert-OH is 1. The van der Waals surface area contributed by atoms with Gasteiger partial charge in [0, 0.05) is 37.2 Å². The summed E-state index contributed by atoms with van der Waals surface area (Å²) in [6.07, 6.45) is 0. The van der Waals surface area contributed by atoms with Gasteiger partial charge in [0.15, 0.2) is 11.5 Å². The predicted octanol–water partition coefficient (Wildman–Crippen LogP) is 2.57. The third kappa shape index (κ3) is 2.77. The van der Waals surface area contributed by atoms with E-state index in [-0.39, 0.29) is 12.0 Å². The molecule has 1 aromatic carbocycles. The van der Waals surface area contributed by atoms with E-state index in [9.17, 15) is 5.11 Å². The van der Waals surface area contributed by atoms with Gasteiger partial charge in [-0.1, -0.05) is 13.8 Å². The van der Waals surface area contributed by atoms with Crippen LogP contribution in [0.1, 0.15) is 19.7 Å². The van der Waals surface area contributed by atoms with Gasteiger partial charge in [-0.25, -0.2) is 4.98 Å². The molecule has 0 atom stereocenters. The zero-order valence-corrected chi connectivity index (χ0v) is 10.4. The summed E-state index contributed by atoms with van der Waals surface area (Å²) in [4.78, 5) is 4.24. The third-order valence-electron chi connectivity index (χ3n) is 2.69. The van der Waals surface area contributed by atoms with E-state index in [0.717, 1.165) is 16.8 Å². The van der Waals surface area contributed by atoms with Crippen LogP contribution < -0.4 is 5.32 Å². The van der Waals surface area contributed by atoms with Crippen molar-refractivity contribution < 1.29 is 9.52 Å². The Kier molecular flexibility index (Phi) is 3.07. The van der Waals surface area contributed by atoms with Crippen LogP contribution in [0, 0.1) is 12.3 Å². The molecule has 17 heavy (non-hydrogen) atoms. The summed E-state index contributed by atoms with van der Waals surface area (Å²) in [5, 5.41) is 12.5. The maximum Gasteiger partial charge on any atom is 0.192 e. The molecular formula is C13H18N2O2. The molecule has 92 valence electrons. The summed E-state index contributed by atoms with van der Waals surface area (Å²) in [5.41, 5.74) is 2.51. The van der Waals surface area contributed by atoms with Crippen molar-refractivity contribution in [2.45, 2.75) is 20.8 Å². The van der Waals surface area contributed by atoms with Crippen molar-refractivity contribution in [2.75, 3.05) is 18.5 Å². The van der Waals surface area contributed by atoms with E-state index < -0.39 is 0 Å². The van der Waals surface area contributed by atoms with Crippen LogP contribution in [0.25, 0.3) is 11.1 Å². The Balaban J connectivity index is 2.14. The van der Waals surface area contributed by atoms with Crippen molar-refractivity contribution in [1.29, 1.82) is 0 Å². The van der Waals surface area contributed by atoms with Crippen LogP contribution in [0.4, 0.5) is 5.69 Å². The molecule has 1 heterocycles. The molecule has 0 unspecified atom stereocenters. The molecule has 0 fully saturated rings. The van der Waals surface area contributed by atoms with Gasteiger partial charge in [0.1, 0.15) is 5.52 Å². The molecule has 0 saturated heterocycles. The van der Waals surface area contributed by atoms with Crippen molar-refractivity contribution in [3.63, 3.8) is 0 Å². The molecule has 1 aromatic heterocycles. The fraction of sp³-hybridized carbons (Fsp3) is 0.462. The zero-order valence-electron chi connectivity index (χ0n) is 10.4. The van der Waals surface area contributed by atoms with Crippen molar-refractivity contribution in [3.8, 4) is 0 Å². The van der Waals surface area contributed by atoms with Crippen molar-refractivity contribution in [2.24, 2.45) is 5.41 Å². The predicted molar refractivity (Wildman–Crippen MR) is 68.1 cm³/mol. The fourth-order valence-electron chi connectivity index (χ4n) is 1.55. The van der Waals surface area contributed by atoms with Gasteiger partial charge in [-0.15, -0.1) is 0 Å². The van der Waals surface area contributed by atoms with Gasteiger partial charge in [0.05, 0.1) is 0 Å². The smallest absolute Gasteiger partial charge is 0.192 e. The second-order valence-electron chi connectivity index (χ2n) is 5.09. The first-order chi connectivity index (χ1) is 8.00. The van der Waals surface area contributed by atoms with Gasteiger partial charge in [-0.3, -0.25) is 0 Å². The highest BCUT2D eigenvalue weighted by atomic mass is 16.3. The van der Waals surface area contributed by atoms with Gasteiger partial charge >= 0.3 is 0 Å². The lowest BCUT2D eigenvalue weighted by Crippen LogP contribution is -2.26. The van der Waals surface area contributed by atoms with E-state index >= 15 is 0 Å². The lowest BCUT2D eigenvalue weighted by molar-refractivity contribution is 0.171. The second kappa shape index (κ2) is 4.37. The number of aryl methyl sites for hydroxylation is 1. The lowest BCUT2D eigenvalue weighted by Gasteiger charge is -2.22. The Hall–Kier alpha value is -1.55. The number of hydrogen-bond donors (Lipinski definition) is 2. The SMILES string of the molecule is Cc1nc2ccc(NCC(C)(C)CO)cc2o1. The standard InChI is InChI=1S/C13H18N2O2/c1-9-15-11-5-4-10(6-12(11)17-9)14-7-13(2,3)8-16/h4-6,14,16H,7-8H2,1-3H3. The molecule has 2 rings (SSSR count). The number of nitrogens with zero attached hydrogens (tertiary/aromatic N) is 1. The largest absolute Gasteiger partial charge is 0.441 e. The van der Waals surface area contributed by atoms with Crippen molar-refractivity contribution >= 4 is 16.8 Å². The van der Waals surface area contributed by atoms with Gasteiger partial charge < -0.3 is 14.8 Å². The molecule has 0 aliphatic rings. The molecular weight excluding hydrogens is 216 g/mol. The number of oxazole rings is 1. The highest BCUT2D eigenvalue weighted by Crippen LogP contribution is 2.21. The first kappa shape index (κ1) is 11.9. The molecule has 0 amide bonds. The molecule has 0 bridgehead atoms. The van der Waals surface area contributed by atoms with Crippen LogP contribution in [0.5, 0.6) is 0 Å². The highest BCUT2D eigenvalue weighted by Gasteiger charge is 2.16. The molecule has 0 saturated carbocycles. The number of anilines is 1. The van der Waals surface area contributed by atoms with Gasteiger partial charge in [0.25, 0.3) is 0 Å². The maximum absolute atomic E-state index is 9.18. The number of rotatable bonds is 4. The average molecular weight is 234 g/mol.